The first kappa shape index (κ1) is 24.5. The Labute approximate surface area is 185 Å². The van der Waals surface area contributed by atoms with Gasteiger partial charge in [-0.2, -0.15) is 11.8 Å². The quantitative estimate of drug-likeness (QED) is 0.360. The van der Waals surface area contributed by atoms with Crippen molar-refractivity contribution < 1.29 is 18.8 Å². The van der Waals surface area contributed by atoms with E-state index >= 15 is 0 Å². The van der Waals surface area contributed by atoms with E-state index in [0.29, 0.717) is 36.3 Å². The summed E-state index contributed by atoms with van der Waals surface area (Å²) in [5, 5.41) is 8.85. The summed E-state index contributed by atoms with van der Waals surface area (Å²) in [7, 11) is 0. The van der Waals surface area contributed by atoms with Crippen LogP contribution in [0.15, 0.2) is 33.5 Å². The number of anilines is 1. The molecule has 0 fully saturated rings. The molecule has 31 heavy (non-hydrogen) atoms. The van der Waals surface area contributed by atoms with Crippen LogP contribution in [0.5, 0.6) is 0 Å². The predicted octanol–water partition coefficient (Wildman–Crippen LogP) is 2.44. The van der Waals surface area contributed by atoms with Crippen LogP contribution in [0.2, 0.25) is 0 Å². The molecule has 3 N–H and O–H groups in total. The molecule has 0 unspecified atom stereocenters. The molecule has 1 heterocycles. The number of amides is 3. The summed E-state index contributed by atoms with van der Waals surface area (Å²) < 4.78 is 5.23. The zero-order valence-corrected chi connectivity index (χ0v) is 19.0. The molecular weight excluding hydrogens is 418 g/mol. The number of hydrogen-bond donors (Lipinski definition) is 3. The van der Waals surface area contributed by atoms with Crippen molar-refractivity contribution in [2.75, 3.05) is 17.3 Å². The number of benzene rings is 1. The average molecular weight is 448 g/mol. The summed E-state index contributed by atoms with van der Waals surface area (Å²) in [4.78, 5) is 48.1. The molecule has 0 radical (unpaired) electrons. The number of thioether (sulfide) groups is 1. The topological polar surface area (TPSA) is 118 Å². The minimum absolute atomic E-state index is 0.150. The maximum atomic E-state index is 12.9. The molecule has 2 aromatic rings. The van der Waals surface area contributed by atoms with Gasteiger partial charge in [-0.05, 0) is 55.4 Å². The molecule has 0 saturated heterocycles. The maximum absolute atomic E-state index is 12.9. The minimum atomic E-state index is -0.780. The number of fused-ring (bicyclic) bond motifs is 1. The predicted molar refractivity (Wildman–Crippen MR) is 123 cm³/mol. The second kappa shape index (κ2) is 11.5. The van der Waals surface area contributed by atoms with Crippen molar-refractivity contribution >= 4 is 46.6 Å². The monoisotopic (exact) mass is 447 g/mol. The van der Waals surface area contributed by atoms with Gasteiger partial charge in [0.2, 0.25) is 18.2 Å². The Morgan fingerprint density at radius 1 is 1.16 bits per heavy atom. The van der Waals surface area contributed by atoms with E-state index in [1.807, 2.05) is 27.0 Å². The summed E-state index contributed by atoms with van der Waals surface area (Å²) >= 11 is 1.57. The molecule has 0 bridgehead atoms. The lowest BCUT2D eigenvalue weighted by atomic mass is 10.0. The van der Waals surface area contributed by atoms with Crippen molar-refractivity contribution in [3.05, 3.63) is 40.2 Å². The Balaban J connectivity index is 2.18. The van der Waals surface area contributed by atoms with Gasteiger partial charge in [0.25, 0.3) is 0 Å². The van der Waals surface area contributed by atoms with E-state index in [4.69, 9.17) is 4.42 Å². The van der Waals surface area contributed by atoms with E-state index in [1.165, 1.54) is 6.07 Å². The lowest BCUT2D eigenvalue weighted by Gasteiger charge is -2.23. The second-order valence-electron chi connectivity index (χ2n) is 7.76. The zero-order chi connectivity index (χ0) is 23.0. The largest absolute Gasteiger partial charge is 0.423 e. The molecule has 0 aliphatic rings. The highest BCUT2D eigenvalue weighted by molar-refractivity contribution is 7.98. The molecule has 0 aliphatic heterocycles. The molecule has 0 saturated carbocycles. The van der Waals surface area contributed by atoms with Gasteiger partial charge in [-0.3, -0.25) is 14.4 Å². The third-order valence-corrected chi connectivity index (χ3v) is 5.40. The Morgan fingerprint density at radius 3 is 2.55 bits per heavy atom. The second-order valence-corrected chi connectivity index (χ2v) is 8.74. The summed E-state index contributed by atoms with van der Waals surface area (Å²) in [6, 6.07) is 5.01. The highest BCUT2D eigenvalue weighted by atomic mass is 32.2. The van der Waals surface area contributed by atoms with Gasteiger partial charge in [0.05, 0.1) is 0 Å². The van der Waals surface area contributed by atoms with Gasteiger partial charge in [-0.1, -0.05) is 13.8 Å². The van der Waals surface area contributed by atoms with Crippen molar-refractivity contribution in [2.24, 2.45) is 5.92 Å². The zero-order valence-electron chi connectivity index (χ0n) is 18.2. The normalized spacial score (nSPS) is 12.9. The standard InChI is InChI=1S/C22H29N3O5S/c1-13(2)9-18(25-21(28)17(23-12-26)7-8-31-4)22(29)24-15-5-6-16-14(3)10-20(27)30-19(16)11-15/h5-6,10-13,17-18H,7-9H2,1-4H3,(H,23,26)(H,24,29)(H,25,28)/t17-,18-/m0/s1. The van der Waals surface area contributed by atoms with Gasteiger partial charge >= 0.3 is 5.63 Å². The van der Waals surface area contributed by atoms with Crippen LogP contribution in [0, 0.1) is 12.8 Å². The first-order chi connectivity index (χ1) is 14.7. The average Bonchev–Trinajstić information content (AvgIpc) is 2.69. The van der Waals surface area contributed by atoms with Gasteiger partial charge in [0.15, 0.2) is 0 Å². The molecule has 8 nitrogen and oxygen atoms in total. The third kappa shape index (κ3) is 7.13. The van der Waals surface area contributed by atoms with Crippen LogP contribution in [0.1, 0.15) is 32.3 Å². The molecule has 0 aliphatic carbocycles. The van der Waals surface area contributed by atoms with Gasteiger partial charge in [-0.15, -0.1) is 0 Å². The fourth-order valence-corrected chi connectivity index (χ4v) is 3.69. The molecule has 2 atom stereocenters. The van der Waals surface area contributed by atoms with Gasteiger partial charge in [0.1, 0.15) is 17.7 Å². The SMILES string of the molecule is CSCC[C@H](NC=O)C(=O)N[C@@H](CC(C)C)C(=O)Nc1ccc2c(C)cc(=O)oc2c1. The number of rotatable bonds is 11. The lowest BCUT2D eigenvalue weighted by Crippen LogP contribution is -2.51. The van der Waals surface area contributed by atoms with Crippen molar-refractivity contribution in [1.29, 1.82) is 0 Å². The third-order valence-electron chi connectivity index (χ3n) is 4.76. The van der Waals surface area contributed by atoms with E-state index in [-0.39, 0.29) is 11.8 Å². The van der Waals surface area contributed by atoms with Gasteiger partial charge < -0.3 is 20.4 Å². The van der Waals surface area contributed by atoms with Crippen molar-refractivity contribution in [3.8, 4) is 0 Å². The number of carbonyl (C=O) groups excluding carboxylic acids is 3. The minimum Gasteiger partial charge on any atom is -0.423 e. The number of aryl methyl sites for hydroxylation is 1. The first-order valence-electron chi connectivity index (χ1n) is 10.1. The fraction of sp³-hybridized carbons (Fsp3) is 0.455. The van der Waals surface area contributed by atoms with Crippen LogP contribution >= 0.6 is 11.8 Å². The highest BCUT2D eigenvalue weighted by Crippen LogP contribution is 2.21. The Morgan fingerprint density at radius 2 is 1.90 bits per heavy atom. The molecular formula is C22H29N3O5S. The van der Waals surface area contributed by atoms with E-state index in [2.05, 4.69) is 16.0 Å². The summed E-state index contributed by atoms with van der Waals surface area (Å²) in [6.07, 6.45) is 3.30. The van der Waals surface area contributed by atoms with Crippen LogP contribution in [-0.2, 0) is 14.4 Å². The van der Waals surface area contributed by atoms with Crippen LogP contribution < -0.4 is 21.6 Å². The highest BCUT2D eigenvalue weighted by Gasteiger charge is 2.26. The molecule has 168 valence electrons. The Kier molecular flexibility index (Phi) is 9.11. The first-order valence-corrected chi connectivity index (χ1v) is 11.5. The molecule has 1 aromatic carbocycles. The van der Waals surface area contributed by atoms with E-state index in [9.17, 15) is 19.2 Å². The fourth-order valence-electron chi connectivity index (χ4n) is 3.22. The molecule has 3 amide bonds. The van der Waals surface area contributed by atoms with Crippen LogP contribution in [0.3, 0.4) is 0 Å². The molecule has 9 heteroatoms. The van der Waals surface area contributed by atoms with Crippen molar-refractivity contribution in [1.82, 2.24) is 10.6 Å². The lowest BCUT2D eigenvalue weighted by molar-refractivity contribution is -0.129. The number of hydrogen-bond acceptors (Lipinski definition) is 6. The summed E-state index contributed by atoms with van der Waals surface area (Å²) in [6.45, 7) is 5.72. The van der Waals surface area contributed by atoms with E-state index < -0.39 is 23.6 Å². The molecule has 0 spiro atoms. The van der Waals surface area contributed by atoms with Crippen LogP contribution in [0.4, 0.5) is 5.69 Å². The van der Waals surface area contributed by atoms with Crippen molar-refractivity contribution in [3.63, 3.8) is 0 Å². The molecule has 1 aromatic heterocycles. The van der Waals surface area contributed by atoms with Gasteiger partial charge in [0, 0.05) is 23.2 Å². The molecule has 2 rings (SSSR count). The van der Waals surface area contributed by atoms with Gasteiger partial charge in [-0.25, -0.2) is 4.79 Å². The van der Waals surface area contributed by atoms with E-state index in [1.54, 1.807) is 30.0 Å². The summed E-state index contributed by atoms with van der Waals surface area (Å²) in [5.74, 6) is 0.0620. The Hall–Kier alpha value is -2.81. The summed E-state index contributed by atoms with van der Waals surface area (Å²) in [5.41, 5.74) is 1.16. The smallest absolute Gasteiger partial charge is 0.336 e. The van der Waals surface area contributed by atoms with E-state index in [0.717, 1.165) is 10.9 Å². The Bertz CT molecular complexity index is 989. The number of nitrogens with one attached hydrogen (secondary N) is 3. The number of carbonyl (C=O) groups is 3. The van der Waals surface area contributed by atoms with Crippen LogP contribution in [-0.4, -0.2) is 42.3 Å². The van der Waals surface area contributed by atoms with Crippen molar-refractivity contribution in [2.45, 2.75) is 45.7 Å². The maximum Gasteiger partial charge on any atom is 0.336 e. The van der Waals surface area contributed by atoms with Crippen LogP contribution in [0.25, 0.3) is 11.0 Å².